The average molecular weight is 454 g/mol. The Morgan fingerprint density at radius 3 is 2.71 bits per heavy atom. The van der Waals surface area contributed by atoms with Crippen molar-refractivity contribution in [1.29, 1.82) is 0 Å². The van der Waals surface area contributed by atoms with Crippen molar-refractivity contribution in [2.45, 2.75) is 5.33 Å². The summed E-state index contributed by atoms with van der Waals surface area (Å²) < 4.78 is 5.78. The minimum absolute atomic E-state index is 0.0723. The van der Waals surface area contributed by atoms with Crippen molar-refractivity contribution in [3.8, 4) is 22.7 Å². The highest BCUT2D eigenvalue weighted by Crippen LogP contribution is 2.29. The molecular weight excluding hydrogens is 444 g/mol. The maximum absolute atomic E-state index is 10.9. The lowest BCUT2D eigenvalue weighted by atomic mass is 10.1. The van der Waals surface area contributed by atoms with Crippen LogP contribution in [0.2, 0.25) is 0 Å². The summed E-state index contributed by atoms with van der Waals surface area (Å²) in [6, 6.07) is 9.51. The molecule has 9 heteroatoms. The van der Waals surface area contributed by atoms with Crippen molar-refractivity contribution >= 4 is 43.8 Å². The lowest BCUT2D eigenvalue weighted by molar-refractivity contribution is 0.209. The molecule has 122 valence electrons. The van der Waals surface area contributed by atoms with E-state index in [4.69, 9.17) is 9.63 Å². The lowest BCUT2D eigenvalue weighted by Gasteiger charge is -2.04. The Bertz CT molecular complexity index is 881. The number of alkyl halides is 1. The highest BCUT2D eigenvalue weighted by molar-refractivity contribution is 9.10. The van der Waals surface area contributed by atoms with Gasteiger partial charge in [-0.3, -0.25) is 5.32 Å². The minimum Gasteiger partial charge on any atom is -0.465 e. The molecule has 24 heavy (non-hydrogen) atoms. The van der Waals surface area contributed by atoms with Crippen molar-refractivity contribution in [2.24, 2.45) is 0 Å². The average Bonchev–Trinajstić information content (AvgIpc) is 3.06. The van der Waals surface area contributed by atoms with Gasteiger partial charge in [0.15, 0.2) is 17.3 Å². The van der Waals surface area contributed by atoms with Crippen LogP contribution in [0.25, 0.3) is 22.7 Å². The van der Waals surface area contributed by atoms with Crippen LogP contribution >= 0.6 is 31.9 Å². The van der Waals surface area contributed by atoms with Gasteiger partial charge >= 0.3 is 6.09 Å². The normalized spacial score (nSPS) is 10.6. The smallest absolute Gasteiger partial charge is 0.410 e. The van der Waals surface area contributed by atoms with Gasteiger partial charge in [-0.15, -0.1) is 0 Å². The number of rotatable bonds is 4. The lowest BCUT2D eigenvalue weighted by Crippen LogP contribution is -2.10. The molecule has 0 spiro atoms. The second-order valence-corrected chi connectivity index (χ2v) is 6.10. The van der Waals surface area contributed by atoms with Gasteiger partial charge in [-0.05, 0) is 21.5 Å². The molecule has 3 aromatic rings. The van der Waals surface area contributed by atoms with E-state index in [2.05, 4.69) is 52.3 Å². The Kier molecular flexibility index (Phi) is 4.91. The second kappa shape index (κ2) is 7.10. The topological polar surface area (TPSA) is 101 Å². The molecule has 0 radical (unpaired) electrons. The van der Waals surface area contributed by atoms with E-state index in [0.29, 0.717) is 16.1 Å². The summed E-state index contributed by atoms with van der Waals surface area (Å²) in [5.74, 6) is 0.384. The molecule has 0 saturated heterocycles. The third kappa shape index (κ3) is 3.62. The summed E-state index contributed by atoms with van der Waals surface area (Å²) in [7, 11) is 0. The summed E-state index contributed by atoms with van der Waals surface area (Å²) in [5, 5.41) is 15.9. The van der Waals surface area contributed by atoms with E-state index in [1.807, 2.05) is 24.3 Å². The number of benzene rings is 1. The van der Waals surface area contributed by atoms with Crippen LogP contribution in [-0.4, -0.2) is 26.3 Å². The zero-order valence-electron chi connectivity index (χ0n) is 12.0. The van der Waals surface area contributed by atoms with Crippen LogP contribution in [-0.2, 0) is 5.33 Å². The van der Waals surface area contributed by atoms with Gasteiger partial charge in [0.1, 0.15) is 10.3 Å². The van der Waals surface area contributed by atoms with Crippen LogP contribution in [0.3, 0.4) is 0 Å². The Morgan fingerprint density at radius 1 is 1.29 bits per heavy atom. The highest BCUT2D eigenvalue weighted by Gasteiger charge is 2.17. The molecule has 0 unspecified atom stereocenters. The molecule has 0 aliphatic rings. The molecule has 2 aromatic heterocycles. The molecule has 1 amide bonds. The number of aromatic nitrogens is 3. The Hall–Kier alpha value is -2.26. The zero-order valence-corrected chi connectivity index (χ0v) is 15.2. The number of amides is 1. The number of nitrogens with zero attached hydrogens (tertiary/aromatic N) is 3. The van der Waals surface area contributed by atoms with Gasteiger partial charge in [0, 0.05) is 17.0 Å². The van der Waals surface area contributed by atoms with Crippen LogP contribution in [0.15, 0.2) is 45.7 Å². The van der Waals surface area contributed by atoms with Crippen molar-refractivity contribution in [1.82, 2.24) is 15.1 Å². The van der Waals surface area contributed by atoms with Crippen LogP contribution < -0.4 is 5.32 Å². The van der Waals surface area contributed by atoms with Gasteiger partial charge in [0.25, 0.3) is 0 Å². The fraction of sp³-hybridized carbons (Fsp3) is 0.0667. The van der Waals surface area contributed by atoms with E-state index in [-0.39, 0.29) is 11.5 Å². The Labute approximate surface area is 153 Å². The maximum Gasteiger partial charge on any atom is 0.410 e. The second-order valence-electron chi connectivity index (χ2n) is 4.73. The minimum atomic E-state index is -1.24. The van der Waals surface area contributed by atoms with Gasteiger partial charge in [0.05, 0.1) is 6.20 Å². The van der Waals surface area contributed by atoms with E-state index >= 15 is 0 Å². The van der Waals surface area contributed by atoms with Gasteiger partial charge in [0.2, 0.25) is 0 Å². The van der Waals surface area contributed by atoms with E-state index in [1.165, 1.54) is 6.20 Å². The van der Waals surface area contributed by atoms with Gasteiger partial charge in [-0.25, -0.2) is 14.8 Å². The van der Waals surface area contributed by atoms with E-state index < -0.39 is 6.09 Å². The van der Waals surface area contributed by atoms with Gasteiger partial charge in [-0.2, -0.15) is 0 Å². The summed E-state index contributed by atoms with van der Waals surface area (Å²) >= 11 is 6.61. The molecule has 0 aliphatic heterocycles. The first kappa shape index (κ1) is 16.6. The van der Waals surface area contributed by atoms with Crippen molar-refractivity contribution in [2.75, 3.05) is 5.32 Å². The molecule has 0 aliphatic carbocycles. The molecule has 3 rings (SSSR count). The predicted octanol–water partition coefficient (Wildman–Crippen LogP) is 4.55. The van der Waals surface area contributed by atoms with Crippen molar-refractivity contribution in [3.05, 3.63) is 46.7 Å². The Morgan fingerprint density at radius 2 is 2.04 bits per heavy atom. The molecule has 0 saturated carbocycles. The zero-order chi connectivity index (χ0) is 17.1. The van der Waals surface area contributed by atoms with Crippen LogP contribution in [0.5, 0.6) is 0 Å². The molecule has 2 N–H and O–H groups in total. The molecule has 7 nitrogen and oxygen atoms in total. The number of hydrogen-bond donors (Lipinski definition) is 2. The van der Waals surface area contributed by atoms with Crippen molar-refractivity contribution < 1.29 is 14.4 Å². The van der Waals surface area contributed by atoms with E-state index in [0.717, 1.165) is 16.5 Å². The third-order valence-corrected chi connectivity index (χ3v) is 4.15. The van der Waals surface area contributed by atoms with Crippen molar-refractivity contribution in [3.63, 3.8) is 0 Å². The largest absolute Gasteiger partial charge is 0.465 e. The first-order valence-electron chi connectivity index (χ1n) is 6.71. The molecule has 1 aromatic carbocycles. The summed E-state index contributed by atoms with van der Waals surface area (Å²) in [5.41, 5.74) is 2.90. The van der Waals surface area contributed by atoms with Gasteiger partial charge in [-0.1, -0.05) is 45.4 Å². The number of anilines is 1. The molecule has 2 heterocycles. The fourth-order valence-corrected chi connectivity index (χ4v) is 2.67. The summed E-state index contributed by atoms with van der Waals surface area (Å²) in [6.45, 7) is 0. The molecular formula is C15H10Br2N4O3. The van der Waals surface area contributed by atoms with Crippen LogP contribution in [0.1, 0.15) is 5.56 Å². The number of halogens is 2. The molecule has 0 fully saturated rings. The first-order valence-corrected chi connectivity index (χ1v) is 8.63. The molecule has 0 atom stereocenters. The monoisotopic (exact) mass is 452 g/mol. The number of hydrogen-bond acceptors (Lipinski definition) is 5. The number of nitrogens with one attached hydrogen (secondary N) is 1. The van der Waals surface area contributed by atoms with E-state index in [9.17, 15) is 4.79 Å². The first-order chi connectivity index (χ1) is 11.6. The SMILES string of the molecule is O=C(O)Nc1ncc(Br)nc1-c1cc(-c2ccc(CBr)cc2)no1. The highest BCUT2D eigenvalue weighted by atomic mass is 79.9. The fourth-order valence-electron chi connectivity index (χ4n) is 2.02. The summed E-state index contributed by atoms with van der Waals surface area (Å²) in [4.78, 5) is 19.1. The third-order valence-electron chi connectivity index (χ3n) is 3.12. The molecule has 0 bridgehead atoms. The Balaban J connectivity index is 1.98. The predicted molar refractivity (Wildman–Crippen MR) is 94.9 cm³/mol. The maximum atomic E-state index is 10.9. The van der Waals surface area contributed by atoms with Crippen LogP contribution in [0, 0.1) is 0 Å². The standard InChI is InChI=1S/C15H10Br2N4O3/c16-6-8-1-3-9(4-2-8)10-5-11(24-21-10)13-14(20-15(22)23)18-7-12(17)19-13/h1-5,7H,6H2,(H,18,20)(H,22,23). The number of carbonyl (C=O) groups is 1. The quantitative estimate of drug-likeness (QED) is 0.562. The van der Waals surface area contributed by atoms with Crippen LogP contribution in [0.4, 0.5) is 10.6 Å². The van der Waals surface area contributed by atoms with E-state index in [1.54, 1.807) is 6.07 Å². The number of carboxylic acid groups (broad SMARTS) is 1. The summed E-state index contributed by atoms with van der Waals surface area (Å²) in [6.07, 6.45) is 0.156. The van der Waals surface area contributed by atoms with Gasteiger partial charge < -0.3 is 9.63 Å².